The largest absolute Gasteiger partial charge is 0.414 e. The van der Waals surface area contributed by atoms with Crippen molar-refractivity contribution in [2.45, 2.75) is 89.6 Å². The Morgan fingerprint density at radius 3 is 2.25 bits per heavy atom. The molecule has 2 atom stereocenters. The predicted molar refractivity (Wildman–Crippen MR) is 98.4 cm³/mol. The van der Waals surface area contributed by atoms with Gasteiger partial charge in [-0.25, -0.2) is 0 Å². The van der Waals surface area contributed by atoms with Crippen LogP contribution in [0.15, 0.2) is 0 Å². The van der Waals surface area contributed by atoms with E-state index in [2.05, 4.69) is 43.4 Å². The van der Waals surface area contributed by atoms with E-state index in [0.717, 1.165) is 6.61 Å². The minimum atomic E-state index is -1.42. The van der Waals surface area contributed by atoms with Gasteiger partial charge < -0.3 is 9.16 Å². The monoisotopic (exact) mass is 412 g/mol. The first-order valence-electron chi connectivity index (χ1n) is 8.55. The number of hydrogen-bond donors (Lipinski definition) is 0. The minimum Gasteiger partial charge on any atom is -0.414 e. The lowest BCUT2D eigenvalue weighted by molar-refractivity contribution is 0.0110. The average molecular weight is 412 g/mol. The van der Waals surface area contributed by atoms with Crippen LogP contribution in [0.5, 0.6) is 0 Å². The van der Waals surface area contributed by atoms with E-state index in [4.69, 9.17) is 9.16 Å². The molecule has 0 radical (unpaired) electrons. The fraction of sp³-hybridized carbons (Fsp3) is 1.00. The Balaban J connectivity index is 2.20. The zero-order valence-electron chi connectivity index (χ0n) is 13.6. The van der Waals surface area contributed by atoms with Crippen molar-refractivity contribution in [1.82, 2.24) is 0 Å². The summed E-state index contributed by atoms with van der Waals surface area (Å²) >= 11 is 2.46. The van der Waals surface area contributed by atoms with E-state index in [9.17, 15) is 0 Å². The maximum absolute atomic E-state index is 6.37. The summed E-state index contributed by atoms with van der Waals surface area (Å²) in [4.78, 5) is 0. The highest BCUT2D eigenvalue weighted by Crippen LogP contribution is 2.27. The third-order valence-corrected chi connectivity index (χ3v) is 10.3. The van der Waals surface area contributed by atoms with Gasteiger partial charge in [-0.3, -0.25) is 0 Å². The van der Waals surface area contributed by atoms with Crippen molar-refractivity contribution in [1.29, 1.82) is 0 Å². The third kappa shape index (κ3) is 6.32. The van der Waals surface area contributed by atoms with Crippen LogP contribution in [-0.4, -0.2) is 31.6 Å². The van der Waals surface area contributed by atoms with Crippen molar-refractivity contribution in [3.05, 3.63) is 0 Å². The van der Waals surface area contributed by atoms with Gasteiger partial charge >= 0.3 is 0 Å². The molecule has 120 valence electrons. The molecule has 0 aromatic heterocycles. The van der Waals surface area contributed by atoms with Gasteiger partial charge in [0.15, 0.2) is 8.32 Å². The topological polar surface area (TPSA) is 18.5 Å². The molecule has 0 spiro atoms. The first-order chi connectivity index (χ1) is 9.69. The van der Waals surface area contributed by atoms with Crippen LogP contribution in [0.25, 0.3) is 0 Å². The van der Waals surface area contributed by atoms with E-state index in [1.54, 1.807) is 0 Å². The lowest BCUT2D eigenvalue weighted by atomic mass is 10.1. The predicted octanol–water partition coefficient (Wildman–Crippen LogP) is 5.55. The van der Waals surface area contributed by atoms with Crippen molar-refractivity contribution in [2.24, 2.45) is 0 Å². The van der Waals surface area contributed by atoms with Gasteiger partial charge in [0.05, 0.1) is 18.8 Å². The van der Waals surface area contributed by atoms with Gasteiger partial charge in [-0.05, 0) is 48.2 Å². The molecule has 1 fully saturated rings. The molecule has 1 heterocycles. The smallest absolute Gasteiger partial charge is 0.192 e. The molecule has 0 amide bonds. The fourth-order valence-corrected chi connectivity index (χ4v) is 6.28. The van der Waals surface area contributed by atoms with Gasteiger partial charge in [-0.1, -0.05) is 56.2 Å². The molecule has 4 heteroatoms. The number of unbranched alkanes of at least 4 members (excludes halogenated alkanes) is 2. The van der Waals surface area contributed by atoms with Gasteiger partial charge in [0.1, 0.15) is 0 Å². The van der Waals surface area contributed by atoms with Crippen molar-refractivity contribution in [3.8, 4) is 0 Å². The van der Waals surface area contributed by atoms with E-state index < -0.39 is 8.32 Å². The van der Waals surface area contributed by atoms with Gasteiger partial charge in [0.2, 0.25) is 0 Å². The zero-order chi connectivity index (χ0) is 14.8. The number of hydrogen-bond acceptors (Lipinski definition) is 2. The molecule has 0 N–H and O–H groups in total. The standard InChI is InChI=1S/C16H33IO2Si/c1-4-20(5-2,6-3)18-14-16-12-11-15(19-16)10-8-7-9-13-17/h15-16H,4-14H2,1-3H3/t15-,16+/m1/s1. The van der Waals surface area contributed by atoms with Crippen LogP contribution in [-0.2, 0) is 9.16 Å². The number of halogens is 1. The molecule has 2 nitrogen and oxygen atoms in total. The number of ether oxygens (including phenoxy) is 1. The van der Waals surface area contributed by atoms with Crippen molar-refractivity contribution in [3.63, 3.8) is 0 Å². The molecule has 1 aliphatic rings. The summed E-state index contributed by atoms with van der Waals surface area (Å²) in [7, 11) is -1.42. The summed E-state index contributed by atoms with van der Waals surface area (Å²) in [6.45, 7) is 7.74. The van der Waals surface area contributed by atoms with Gasteiger partial charge in [-0.15, -0.1) is 0 Å². The van der Waals surface area contributed by atoms with Gasteiger partial charge in [0.25, 0.3) is 0 Å². The third-order valence-electron chi connectivity index (χ3n) is 4.86. The highest BCUT2D eigenvalue weighted by atomic mass is 127. The van der Waals surface area contributed by atoms with Crippen LogP contribution in [0.3, 0.4) is 0 Å². The Bertz CT molecular complexity index is 238. The van der Waals surface area contributed by atoms with Crippen molar-refractivity contribution < 1.29 is 9.16 Å². The quantitative estimate of drug-likeness (QED) is 0.192. The van der Waals surface area contributed by atoms with Crippen LogP contribution in [0.2, 0.25) is 18.1 Å². The second-order valence-electron chi connectivity index (χ2n) is 6.05. The molecule has 20 heavy (non-hydrogen) atoms. The van der Waals surface area contributed by atoms with Crippen LogP contribution in [0.4, 0.5) is 0 Å². The molecular weight excluding hydrogens is 379 g/mol. The summed E-state index contributed by atoms with van der Waals surface area (Å²) in [6.07, 6.45) is 8.65. The molecule has 0 aromatic carbocycles. The summed E-state index contributed by atoms with van der Waals surface area (Å²) in [5.41, 5.74) is 0. The Morgan fingerprint density at radius 2 is 1.65 bits per heavy atom. The van der Waals surface area contributed by atoms with Crippen LogP contribution < -0.4 is 0 Å². The summed E-state index contributed by atoms with van der Waals surface area (Å²) < 4.78 is 13.8. The van der Waals surface area contributed by atoms with E-state index in [-0.39, 0.29) is 0 Å². The second kappa shape index (κ2) is 10.6. The van der Waals surface area contributed by atoms with E-state index >= 15 is 0 Å². The van der Waals surface area contributed by atoms with Crippen molar-refractivity contribution in [2.75, 3.05) is 11.0 Å². The summed E-state index contributed by atoms with van der Waals surface area (Å²) in [5.74, 6) is 0. The Labute approximate surface area is 140 Å². The van der Waals surface area contributed by atoms with Gasteiger partial charge in [0, 0.05) is 0 Å². The Kier molecular flexibility index (Phi) is 10.00. The molecule has 0 aliphatic carbocycles. The minimum absolute atomic E-state index is 0.376. The van der Waals surface area contributed by atoms with Crippen LogP contribution >= 0.6 is 22.6 Å². The summed E-state index contributed by atoms with van der Waals surface area (Å²) in [6, 6.07) is 3.73. The fourth-order valence-electron chi connectivity index (χ4n) is 3.08. The summed E-state index contributed by atoms with van der Waals surface area (Å²) in [5, 5.41) is 0. The van der Waals surface area contributed by atoms with E-state index in [1.165, 1.54) is 61.1 Å². The van der Waals surface area contributed by atoms with E-state index in [0.29, 0.717) is 12.2 Å². The van der Waals surface area contributed by atoms with Gasteiger partial charge in [-0.2, -0.15) is 0 Å². The molecule has 0 saturated carbocycles. The SMILES string of the molecule is CC[Si](CC)(CC)OC[C@@H]1CC[C@@H](CCCCCI)O1. The lowest BCUT2D eigenvalue weighted by Gasteiger charge is -2.29. The van der Waals surface area contributed by atoms with Crippen LogP contribution in [0.1, 0.15) is 59.3 Å². The maximum atomic E-state index is 6.37. The van der Waals surface area contributed by atoms with E-state index in [1.807, 2.05) is 0 Å². The Hall–Kier alpha value is 0.867. The molecular formula is C16H33IO2Si. The molecule has 0 unspecified atom stereocenters. The van der Waals surface area contributed by atoms with Crippen LogP contribution in [0, 0.1) is 0 Å². The average Bonchev–Trinajstić information content (AvgIpc) is 2.94. The number of rotatable bonds is 11. The molecule has 1 aliphatic heterocycles. The normalized spacial score (nSPS) is 23.4. The second-order valence-corrected chi connectivity index (χ2v) is 11.9. The van der Waals surface area contributed by atoms with Crippen molar-refractivity contribution >= 4 is 30.9 Å². The zero-order valence-corrected chi connectivity index (χ0v) is 16.8. The number of alkyl halides is 1. The first-order valence-corrected chi connectivity index (χ1v) is 12.6. The molecule has 0 bridgehead atoms. The highest BCUT2D eigenvalue weighted by Gasteiger charge is 2.32. The lowest BCUT2D eigenvalue weighted by Crippen LogP contribution is -2.38. The molecule has 0 aromatic rings. The Morgan fingerprint density at radius 1 is 1.00 bits per heavy atom. The highest BCUT2D eigenvalue weighted by molar-refractivity contribution is 14.1. The molecule has 1 rings (SSSR count). The molecule has 1 saturated heterocycles. The maximum Gasteiger partial charge on any atom is 0.192 e. The first kappa shape index (κ1) is 18.9.